The quantitative estimate of drug-likeness (QED) is 0.734. The zero-order valence-electron chi connectivity index (χ0n) is 9.59. The first-order valence-corrected chi connectivity index (χ1v) is 5.55. The van der Waals surface area contributed by atoms with Crippen molar-refractivity contribution < 1.29 is 13.2 Å². The fourth-order valence-electron chi connectivity index (χ4n) is 2.18. The van der Waals surface area contributed by atoms with E-state index in [1.54, 1.807) is 4.90 Å². The summed E-state index contributed by atoms with van der Waals surface area (Å²) in [6, 6.07) is 1.50. The van der Waals surface area contributed by atoms with Gasteiger partial charge in [0.05, 0.1) is 6.07 Å². The highest BCUT2D eigenvalue weighted by Crippen LogP contribution is 2.29. The van der Waals surface area contributed by atoms with Crippen molar-refractivity contribution in [3.63, 3.8) is 0 Å². The van der Waals surface area contributed by atoms with Crippen LogP contribution in [0.15, 0.2) is 0 Å². The molecule has 0 aromatic heterocycles. The van der Waals surface area contributed by atoms with Crippen molar-refractivity contribution in [2.75, 3.05) is 13.1 Å². The minimum atomic E-state index is -4.41. The van der Waals surface area contributed by atoms with Crippen LogP contribution in [0, 0.1) is 23.2 Å². The molecule has 0 N–H and O–H groups in total. The number of piperidine rings is 1. The standard InChI is InChI=1S/C11H17F3N2/c1-8-3-4-16(9(2)5-8)7-10(6-15)11(12,13)14/h8-10H,3-5,7H2,1-2H3. The van der Waals surface area contributed by atoms with Crippen LogP contribution in [-0.4, -0.2) is 30.2 Å². The molecule has 1 aliphatic heterocycles. The first-order valence-electron chi connectivity index (χ1n) is 5.55. The molecule has 1 heterocycles. The minimum absolute atomic E-state index is 0.141. The molecule has 3 atom stereocenters. The Morgan fingerprint density at radius 3 is 2.50 bits per heavy atom. The van der Waals surface area contributed by atoms with Crippen molar-refractivity contribution in [1.29, 1.82) is 5.26 Å². The highest BCUT2D eigenvalue weighted by atomic mass is 19.4. The van der Waals surface area contributed by atoms with Crippen LogP contribution < -0.4 is 0 Å². The molecular weight excluding hydrogens is 217 g/mol. The Hall–Kier alpha value is -0.760. The van der Waals surface area contributed by atoms with Crippen LogP contribution in [-0.2, 0) is 0 Å². The van der Waals surface area contributed by atoms with Gasteiger partial charge in [0, 0.05) is 12.6 Å². The Kier molecular flexibility index (Phi) is 4.20. The van der Waals surface area contributed by atoms with Crippen LogP contribution in [0.3, 0.4) is 0 Å². The third-order valence-corrected chi connectivity index (χ3v) is 3.24. The number of nitrogens with zero attached hydrogens (tertiary/aromatic N) is 2. The lowest BCUT2D eigenvalue weighted by molar-refractivity contribution is -0.165. The predicted molar refractivity (Wildman–Crippen MR) is 54.6 cm³/mol. The van der Waals surface area contributed by atoms with Crippen LogP contribution >= 0.6 is 0 Å². The summed E-state index contributed by atoms with van der Waals surface area (Å²) < 4.78 is 37.3. The number of likely N-dealkylation sites (tertiary alicyclic amines) is 1. The lowest BCUT2D eigenvalue weighted by Crippen LogP contribution is -2.45. The van der Waals surface area contributed by atoms with Crippen molar-refractivity contribution in [1.82, 2.24) is 4.90 Å². The van der Waals surface area contributed by atoms with Gasteiger partial charge in [-0.05, 0) is 32.2 Å². The van der Waals surface area contributed by atoms with Gasteiger partial charge in [0.25, 0.3) is 0 Å². The number of alkyl halides is 3. The molecule has 0 radical (unpaired) electrons. The van der Waals surface area contributed by atoms with Crippen molar-refractivity contribution in [3.8, 4) is 6.07 Å². The van der Waals surface area contributed by atoms with Crippen molar-refractivity contribution in [2.45, 2.75) is 38.9 Å². The van der Waals surface area contributed by atoms with Crippen LogP contribution in [0.4, 0.5) is 13.2 Å². The summed E-state index contributed by atoms with van der Waals surface area (Å²) in [5.41, 5.74) is 0. The topological polar surface area (TPSA) is 27.0 Å². The summed E-state index contributed by atoms with van der Waals surface area (Å²) in [5.74, 6) is -1.29. The number of hydrogen-bond donors (Lipinski definition) is 0. The Morgan fingerprint density at radius 2 is 2.06 bits per heavy atom. The average Bonchev–Trinajstić information content (AvgIpc) is 2.14. The molecule has 0 bridgehead atoms. The van der Waals surface area contributed by atoms with E-state index < -0.39 is 12.1 Å². The van der Waals surface area contributed by atoms with Crippen LogP contribution in [0.25, 0.3) is 0 Å². The number of hydrogen-bond acceptors (Lipinski definition) is 2. The molecular formula is C11H17F3N2. The summed E-state index contributed by atoms with van der Waals surface area (Å²) in [4.78, 5) is 1.78. The predicted octanol–water partition coefficient (Wildman–Crippen LogP) is 2.81. The van der Waals surface area contributed by atoms with Crippen LogP contribution in [0.5, 0.6) is 0 Å². The average molecular weight is 234 g/mol. The number of halogens is 3. The molecule has 0 spiro atoms. The Labute approximate surface area is 94.0 Å². The van der Waals surface area contributed by atoms with Gasteiger partial charge in [0.1, 0.15) is 0 Å². The minimum Gasteiger partial charge on any atom is -0.299 e. The second kappa shape index (κ2) is 5.05. The third-order valence-electron chi connectivity index (χ3n) is 3.24. The van der Waals surface area contributed by atoms with E-state index >= 15 is 0 Å². The summed E-state index contributed by atoms with van der Waals surface area (Å²) in [7, 11) is 0. The number of rotatable bonds is 2. The van der Waals surface area contributed by atoms with E-state index in [0.29, 0.717) is 12.5 Å². The molecule has 1 aliphatic rings. The van der Waals surface area contributed by atoms with E-state index in [1.807, 2.05) is 6.92 Å². The van der Waals surface area contributed by atoms with Crippen molar-refractivity contribution in [2.24, 2.45) is 11.8 Å². The summed E-state index contributed by atoms with van der Waals surface area (Å²) in [6.07, 6.45) is -2.58. The molecule has 0 amide bonds. The van der Waals surface area contributed by atoms with E-state index in [0.717, 1.165) is 12.8 Å². The maximum absolute atomic E-state index is 12.4. The SMILES string of the molecule is CC1CCN(CC(C#N)C(F)(F)F)C(C)C1. The lowest BCUT2D eigenvalue weighted by atomic mass is 9.92. The fraction of sp³-hybridized carbons (Fsp3) is 0.909. The van der Waals surface area contributed by atoms with E-state index in [4.69, 9.17) is 5.26 Å². The lowest BCUT2D eigenvalue weighted by Gasteiger charge is -2.37. The maximum Gasteiger partial charge on any atom is 0.405 e. The zero-order valence-corrected chi connectivity index (χ0v) is 9.59. The maximum atomic E-state index is 12.4. The Morgan fingerprint density at radius 1 is 1.44 bits per heavy atom. The van der Waals surface area contributed by atoms with Crippen molar-refractivity contribution >= 4 is 0 Å². The van der Waals surface area contributed by atoms with E-state index in [1.165, 1.54) is 6.07 Å². The zero-order chi connectivity index (χ0) is 12.3. The monoisotopic (exact) mass is 234 g/mol. The van der Waals surface area contributed by atoms with Gasteiger partial charge in [-0.3, -0.25) is 4.90 Å². The Balaban J connectivity index is 2.57. The molecule has 2 nitrogen and oxygen atoms in total. The third kappa shape index (κ3) is 3.38. The molecule has 1 fully saturated rings. The van der Waals surface area contributed by atoms with Gasteiger partial charge in [0.2, 0.25) is 0 Å². The summed E-state index contributed by atoms with van der Waals surface area (Å²) >= 11 is 0. The molecule has 16 heavy (non-hydrogen) atoms. The van der Waals surface area contributed by atoms with Crippen LogP contribution in [0.2, 0.25) is 0 Å². The first-order chi connectivity index (χ1) is 7.34. The second-order valence-electron chi connectivity index (χ2n) is 4.70. The highest BCUT2D eigenvalue weighted by Gasteiger charge is 2.41. The van der Waals surface area contributed by atoms with Gasteiger partial charge < -0.3 is 0 Å². The highest BCUT2D eigenvalue weighted by molar-refractivity contribution is 4.92. The largest absolute Gasteiger partial charge is 0.405 e. The normalized spacial score (nSPS) is 29.8. The van der Waals surface area contributed by atoms with E-state index in [2.05, 4.69) is 6.92 Å². The van der Waals surface area contributed by atoms with Gasteiger partial charge in [-0.1, -0.05) is 6.92 Å². The van der Waals surface area contributed by atoms with Crippen molar-refractivity contribution in [3.05, 3.63) is 0 Å². The molecule has 0 aliphatic carbocycles. The summed E-state index contributed by atoms with van der Waals surface area (Å²) in [6.45, 7) is 4.52. The fourth-order valence-corrected chi connectivity index (χ4v) is 2.18. The second-order valence-corrected chi connectivity index (χ2v) is 4.70. The van der Waals surface area contributed by atoms with Gasteiger partial charge in [-0.15, -0.1) is 0 Å². The molecule has 1 saturated heterocycles. The molecule has 92 valence electrons. The smallest absolute Gasteiger partial charge is 0.299 e. The van der Waals surface area contributed by atoms with Crippen LogP contribution in [0.1, 0.15) is 26.7 Å². The van der Waals surface area contributed by atoms with Gasteiger partial charge in [-0.25, -0.2) is 0 Å². The molecule has 3 unspecified atom stereocenters. The van der Waals surface area contributed by atoms with Gasteiger partial charge in [-0.2, -0.15) is 18.4 Å². The summed E-state index contributed by atoms with van der Waals surface area (Å²) in [5, 5.41) is 8.53. The van der Waals surface area contributed by atoms with E-state index in [9.17, 15) is 13.2 Å². The van der Waals surface area contributed by atoms with Gasteiger partial charge >= 0.3 is 6.18 Å². The molecule has 0 aromatic rings. The van der Waals surface area contributed by atoms with E-state index in [-0.39, 0.29) is 12.6 Å². The first kappa shape index (κ1) is 13.3. The van der Waals surface area contributed by atoms with Gasteiger partial charge in [0.15, 0.2) is 5.92 Å². The molecule has 0 aromatic carbocycles. The molecule has 0 saturated carbocycles. The number of nitriles is 1. The molecule has 5 heteroatoms. The molecule has 1 rings (SSSR count). The Bertz CT molecular complexity index is 269.